The van der Waals surface area contributed by atoms with Gasteiger partial charge in [-0.1, -0.05) is 6.08 Å². The van der Waals surface area contributed by atoms with Crippen LogP contribution in [0.15, 0.2) is 29.8 Å². The molecule has 0 spiro atoms. The summed E-state index contributed by atoms with van der Waals surface area (Å²) in [4.78, 5) is 3.67. The number of benzene rings is 1. The molecule has 1 aromatic heterocycles. The van der Waals surface area contributed by atoms with Gasteiger partial charge >= 0.3 is 0 Å². The van der Waals surface area contributed by atoms with E-state index in [0.29, 0.717) is 29.7 Å². The highest BCUT2D eigenvalue weighted by Crippen LogP contribution is 2.57. The number of hydrogen-bond acceptors (Lipinski definition) is 2. The van der Waals surface area contributed by atoms with E-state index in [0.717, 1.165) is 34.8 Å². The lowest BCUT2D eigenvalue weighted by Gasteiger charge is -2.62. The van der Waals surface area contributed by atoms with E-state index in [-0.39, 0.29) is 6.61 Å². The lowest BCUT2D eigenvalue weighted by atomic mass is 9.62. The van der Waals surface area contributed by atoms with Gasteiger partial charge in [-0.15, -0.1) is 0 Å². The van der Waals surface area contributed by atoms with Gasteiger partial charge in [-0.2, -0.15) is 0 Å². The highest BCUT2D eigenvalue weighted by Gasteiger charge is 2.61. The van der Waals surface area contributed by atoms with Gasteiger partial charge in [-0.3, -0.25) is 0 Å². The van der Waals surface area contributed by atoms with Crippen LogP contribution in [0.25, 0.3) is 10.9 Å². The van der Waals surface area contributed by atoms with Crippen LogP contribution in [0.4, 0.5) is 0 Å². The number of allylic oxidation sites excluding steroid dienone is 1. The molecule has 0 aliphatic carbocycles. The van der Waals surface area contributed by atoms with Crippen molar-refractivity contribution in [2.24, 2.45) is 11.8 Å². The Morgan fingerprint density at radius 2 is 2.21 bits per heavy atom. The smallest absolute Gasteiger partial charge is 0.131 e. The number of aliphatic hydroxyl groups is 1. The maximum absolute atomic E-state index is 10.1. The fourth-order valence-corrected chi connectivity index (χ4v) is 6.05. The number of phenolic OH excluding ortho intramolecular Hbond substituents is 1. The van der Waals surface area contributed by atoms with Crippen LogP contribution in [0, 0.1) is 11.8 Å². The van der Waals surface area contributed by atoms with Gasteiger partial charge in [0.25, 0.3) is 0 Å². The lowest BCUT2D eigenvalue weighted by Crippen LogP contribution is -2.70. The second-order valence-corrected chi connectivity index (χ2v) is 8.09. The van der Waals surface area contributed by atoms with Gasteiger partial charge in [0.05, 0.1) is 25.4 Å². The van der Waals surface area contributed by atoms with Gasteiger partial charge < -0.3 is 19.7 Å². The lowest BCUT2D eigenvalue weighted by molar-refractivity contribution is -0.978. The quantitative estimate of drug-likeness (QED) is 0.558. The molecule has 4 nitrogen and oxygen atoms in total. The maximum atomic E-state index is 10.1. The number of fused-ring (bicyclic) bond motifs is 4. The number of likely N-dealkylation sites (N-methyl/N-ethyl adjacent to an activating group) is 1. The summed E-state index contributed by atoms with van der Waals surface area (Å²) in [6.45, 7) is 3.52. The number of H-pyrrole nitrogens is 1. The van der Waals surface area contributed by atoms with Gasteiger partial charge in [0.15, 0.2) is 0 Å². The van der Waals surface area contributed by atoms with Crippen LogP contribution in [0.5, 0.6) is 5.75 Å². The van der Waals surface area contributed by atoms with Crippen LogP contribution in [-0.4, -0.2) is 45.9 Å². The first-order valence-corrected chi connectivity index (χ1v) is 9.01. The topological polar surface area (TPSA) is 56.2 Å². The molecule has 1 unspecified atom stereocenters. The van der Waals surface area contributed by atoms with Crippen LogP contribution in [0.2, 0.25) is 0 Å². The summed E-state index contributed by atoms with van der Waals surface area (Å²) in [6, 6.07) is 6.58. The molecule has 3 fully saturated rings. The van der Waals surface area contributed by atoms with E-state index in [1.54, 1.807) is 6.07 Å². The summed E-state index contributed by atoms with van der Waals surface area (Å²) >= 11 is 0. The summed E-state index contributed by atoms with van der Waals surface area (Å²) in [7, 11) is 2.38. The molecule has 3 saturated heterocycles. The number of quaternary nitrogens is 1. The monoisotopic (exact) mass is 325 g/mol. The van der Waals surface area contributed by atoms with Crippen molar-refractivity contribution in [2.45, 2.75) is 31.8 Å². The molecule has 2 aromatic rings. The minimum atomic E-state index is 0.274. The van der Waals surface area contributed by atoms with Gasteiger partial charge in [0.1, 0.15) is 18.3 Å². The largest absolute Gasteiger partial charge is 0.508 e. The van der Waals surface area contributed by atoms with E-state index in [2.05, 4.69) is 25.0 Å². The van der Waals surface area contributed by atoms with E-state index in [1.165, 1.54) is 16.8 Å². The molecule has 0 saturated carbocycles. The second kappa shape index (κ2) is 4.64. The zero-order valence-electron chi connectivity index (χ0n) is 14.3. The number of piperidine rings is 3. The first-order chi connectivity index (χ1) is 11.6. The van der Waals surface area contributed by atoms with Crippen LogP contribution >= 0.6 is 0 Å². The molecule has 5 atom stereocenters. The van der Waals surface area contributed by atoms with Crippen molar-refractivity contribution in [2.75, 3.05) is 20.2 Å². The second-order valence-electron chi connectivity index (χ2n) is 8.09. The molecule has 4 aliphatic rings. The van der Waals surface area contributed by atoms with Crippen molar-refractivity contribution in [1.82, 2.24) is 4.98 Å². The molecule has 0 amide bonds. The summed E-state index contributed by atoms with van der Waals surface area (Å²) in [5.41, 5.74) is 5.39. The molecule has 0 radical (unpaired) electrons. The highest BCUT2D eigenvalue weighted by atomic mass is 16.3. The van der Waals surface area contributed by atoms with Gasteiger partial charge in [-0.25, -0.2) is 0 Å². The molecule has 3 N–H and O–H groups in total. The fraction of sp³-hybridized carbons (Fsp3) is 0.500. The molecule has 5 heterocycles. The SMILES string of the molecule is C/C=C1\C[N+]2(C)[C@H]3C[C@H]1[C@@H](CO)[C@@H]2Cc1c3[nH]c2ccc(O)cc12. The summed E-state index contributed by atoms with van der Waals surface area (Å²) in [5, 5.41) is 21.2. The number of nitrogens with zero attached hydrogens (tertiary/aromatic N) is 1. The Bertz CT molecular complexity index is 868. The Balaban J connectivity index is 1.73. The van der Waals surface area contributed by atoms with Crippen LogP contribution in [-0.2, 0) is 6.42 Å². The predicted octanol–water partition coefficient (Wildman–Crippen LogP) is 2.87. The normalized spacial score (nSPS) is 38.7. The molecule has 4 aliphatic heterocycles. The Morgan fingerprint density at radius 1 is 1.38 bits per heavy atom. The summed E-state index contributed by atoms with van der Waals surface area (Å²) < 4.78 is 1.02. The minimum Gasteiger partial charge on any atom is -0.508 e. The molecule has 4 bridgehead atoms. The van der Waals surface area contributed by atoms with Crippen molar-refractivity contribution >= 4 is 10.9 Å². The molecule has 4 heteroatoms. The van der Waals surface area contributed by atoms with Crippen molar-refractivity contribution in [3.8, 4) is 5.75 Å². The number of aromatic nitrogens is 1. The first-order valence-electron chi connectivity index (χ1n) is 9.01. The van der Waals surface area contributed by atoms with Crippen molar-refractivity contribution in [1.29, 1.82) is 0 Å². The minimum absolute atomic E-state index is 0.274. The van der Waals surface area contributed by atoms with Crippen molar-refractivity contribution in [3.63, 3.8) is 0 Å². The van der Waals surface area contributed by atoms with Crippen LogP contribution in [0.3, 0.4) is 0 Å². The zero-order valence-corrected chi connectivity index (χ0v) is 14.3. The van der Waals surface area contributed by atoms with Crippen LogP contribution < -0.4 is 0 Å². The van der Waals surface area contributed by atoms with E-state index < -0.39 is 0 Å². The molecule has 126 valence electrons. The van der Waals surface area contributed by atoms with Gasteiger partial charge in [0.2, 0.25) is 0 Å². The molecule has 24 heavy (non-hydrogen) atoms. The van der Waals surface area contributed by atoms with Crippen LogP contribution in [0.1, 0.15) is 30.6 Å². The van der Waals surface area contributed by atoms with E-state index in [1.807, 2.05) is 12.1 Å². The Labute approximate surface area is 142 Å². The average molecular weight is 325 g/mol. The maximum Gasteiger partial charge on any atom is 0.131 e. The molecular weight excluding hydrogens is 300 g/mol. The summed E-state index contributed by atoms with van der Waals surface area (Å²) in [5.74, 6) is 1.20. The third kappa shape index (κ3) is 1.60. The van der Waals surface area contributed by atoms with Gasteiger partial charge in [0, 0.05) is 35.6 Å². The number of phenols is 1. The first kappa shape index (κ1) is 14.6. The number of aromatic hydroxyl groups is 1. The number of aliphatic hydroxyl groups excluding tert-OH is 1. The highest BCUT2D eigenvalue weighted by molar-refractivity contribution is 5.86. The Hall–Kier alpha value is -1.78. The Morgan fingerprint density at radius 3 is 2.96 bits per heavy atom. The summed E-state index contributed by atoms with van der Waals surface area (Å²) in [6.07, 6.45) is 4.39. The standard InChI is InChI=1S/C20H24N2O2/c1-3-11-9-22(2)18-8-15-14-6-12(24)4-5-17(14)21-20(15)19(22)7-13(11)16(18)10-23/h3-6,13,16,18-19,21,23H,7-10H2,1-2H3/p+1/b11-3+/t13-,16-,18+,19+,22?/m1/s1. The predicted molar refractivity (Wildman–Crippen MR) is 93.7 cm³/mol. The number of nitrogens with one attached hydrogen (secondary N) is 1. The molecule has 6 rings (SSSR count). The molecule has 1 aromatic carbocycles. The number of rotatable bonds is 1. The fourth-order valence-electron chi connectivity index (χ4n) is 6.05. The van der Waals surface area contributed by atoms with E-state index >= 15 is 0 Å². The van der Waals surface area contributed by atoms with Crippen molar-refractivity contribution in [3.05, 3.63) is 41.1 Å². The van der Waals surface area contributed by atoms with E-state index in [4.69, 9.17) is 0 Å². The third-order valence-electron chi connectivity index (χ3n) is 7.21. The van der Waals surface area contributed by atoms with Crippen molar-refractivity contribution < 1.29 is 14.7 Å². The molecular formula is C20H25N2O2+. The number of aromatic amines is 1. The number of hydrogen-bond donors (Lipinski definition) is 3. The zero-order chi connectivity index (χ0) is 16.6. The van der Waals surface area contributed by atoms with E-state index in [9.17, 15) is 10.2 Å². The third-order valence-corrected chi connectivity index (χ3v) is 7.21. The Kier molecular flexibility index (Phi) is 2.82. The average Bonchev–Trinajstić information content (AvgIpc) is 2.91. The van der Waals surface area contributed by atoms with Gasteiger partial charge in [-0.05, 0) is 36.3 Å².